The van der Waals surface area contributed by atoms with E-state index in [1.54, 1.807) is 12.1 Å². The second-order valence-electron chi connectivity index (χ2n) is 7.36. The maximum absolute atomic E-state index is 11.9. The Kier molecular flexibility index (Phi) is 6.62. The maximum atomic E-state index is 11.9. The van der Waals surface area contributed by atoms with Crippen molar-refractivity contribution in [1.82, 2.24) is 5.32 Å². The van der Waals surface area contributed by atoms with Gasteiger partial charge in [-0.15, -0.1) is 0 Å². The number of hydrogen-bond acceptors (Lipinski definition) is 4. The molecular weight excluding hydrogens is 364 g/mol. The molecule has 0 aliphatic carbocycles. The van der Waals surface area contributed by atoms with Crippen LogP contribution in [0.25, 0.3) is 0 Å². The van der Waals surface area contributed by atoms with Gasteiger partial charge in [0.2, 0.25) is 10.0 Å². The average molecular weight is 391 g/mol. The van der Waals surface area contributed by atoms with Crippen molar-refractivity contribution in [2.24, 2.45) is 5.14 Å². The summed E-state index contributed by atoms with van der Waals surface area (Å²) in [5, 5.41) is 7.85. The van der Waals surface area contributed by atoms with Gasteiger partial charge < -0.3 is 10.1 Å². The van der Waals surface area contributed by atoms with Crippen LogP contribution in [0.1, 0.15) is 31.9 Å². The van der Waals surface area contributed by atoms with Crippen molar-refractivity contribution in [1.29, 1.82) is 0 Å². The van der Waals surface area contributed by atoms with Gasteiger partial charge in [0.1, 0.15) is 5.75 Å². The van der Waals surface area contributed by atoms with E-state index in [0.717, 1.165) is 11.1 Å². The van der Waals surface area contributed by atoms with Gasteiger partial charge in [0, 0.05) is 6.54 Å². The van der Waals surface area contributed by atoms with E-state index in [-0.39, 0.29) is 22.8 Å². The lowest BCUT2D eigenvalue weighted by Crippen LogP contribution is -2.30. The van der Waals surface area contributed by atoms with Gasteiger partial charge in [-0.3, -0.25) is 4.79 Å². The zero-order valence-corrected chi connectivity index (χ0v) is 16.7. The zero-order chi connectivity index (χ0) is 20.1. The second kappa shape index (κ2) is 8.54. The molecule has 0 aliphatic rings. The van der Waals surface area contributed by atoms with Gasteiger partial charge in [-0.05, 0) is 47.2 Å². The predicted octanol–water partition coefficient (Wildman–Crippen LogP) is 2.37. The Hall–Kier alpha value is -2.38. The molecule has 2 aromatic rings. The molecule has 0 spiro atoms. The number of carbonyl (C=O) groups excluding carboxylic acids is 1. The van der Waals surface area contributed by atoms with Crippen LogP contribution >= 0.6 is 0 Å². The molecule has 0 unspecified atom stereocenters. The van der Waals surface area contributed by atoms with Gasteiger partial charge in [-0.2, -0.15) is 0 Å². The Morgan fingerprint density at radius 1 is 1.11 bits per heavy atom. The van der Waals surface area contributed by atoms with E-state index in [2.05, 4.69) is 26.1 Å². The van der Waals surface area contributed by atoms with Crippen LogP contribution in [0.2, 0.25) is 0 Å². The number of rotatable bonds is 7. The monoisotopic (exact) mass is 390 g/mol. The molecule has 0 atom stereocenters. The number of nitrogens with two attached hydrogens (primary N) is 1. The van der Waals surface area contributed by atoms with Crippen LogP contribution < -0.4 is 15.2 Å². The number of primary sulfonamides is 1. The number of sulfonamides is 1. The summed E-state index contributed by atoms with van der Waals surface area (Å²) in [5.74, 6) is 0.452. The van der Waals surface area contributed by atoms with Crippen LogP contribution in [0.4, 0.5) is 0 Å². The van der Waals surface area contributed by atoms with E-state index in [1.807, 2.05) is 24.3 Å². The molecule has 0 aliphatic heterocycles. The molecule has 6 nitrogen and oxygen atoms in total. The molecule has 146 valence electrons. The fourth-order valence-electron chi connectivity index (χ4n) is 2.44. The highest BCUT2D eigenvalue weighted by Gasteiger charge is 2.14. The molecule has 1 amide bonds. The second-order valence-corrected chi connectivity index (χ2v) is 8.92. The van der Waals surface area contributed by atoms with Gasteiger partial charge in [-0.1, -0.05) is 45.0 Å². The molecule has 0 saturated carbocycles. The van der Waals surface area contributed by atoms with Crippen molar-refractivity contribution >= 4 is 15.9 Å². The summed E-state index contributed by atoms with van der Waals surface area (Å²) >= 11 is 0. The lowest BCUT2D eigenvalue weighted by atomic mass is 9.87. The number of carbonyl (C=O) groups is 1. The molecule has 0 radical (unpaired) electrons. The first kappa shape index (κ1) is 20.9. The number of benzene rings is 2. The molecule has 2 rings (SSSR count). The number of hydrogen-bond donors (Lipinski definition) is 2. The highest BCUT2D eigenvalue weighted by Crippen LogP contribution is 2.25. The first-order chi connectivity index (χ1) is 12.6. The minimum atomic E-state index is -3.69. The topological polar surface area (TPSA) is 98.5 Å². The zero-order valence-electron chi connectivity index (χ0n) is 15.9. The molecule has 0 fully saturated rings. The maximum Gasteiger partial charge on any atom is 0.257 e. The molecule has 0 heterocycles. The predicted molar refractivity (Wildman–Crippen MR) is 105 cm³/mol. The summed E-state index contributed by atoms with van der Waals surface area (Å²) in [7, 11) is -3.69. The van der Waals surface area contributed by atoms with Crippen LogP contribution in [0.3, 0.4) is 0 Å². The van der Waals surface area contributed by atoms with E-state index >= 15 is 0 Å². The fourth-order valence-corrected chi connectivity index (χ4v) is 2.96. The first-order valence-corrected chi connectivity index (χ1v) is 10.2. The molecular formula is C20H26N2O4S. The summed E-state index contributed by atoms with van der Waals surface area (Å²) < 4.78 is 28.0. The molecule has 2 aromatic carbocycles. The van der Waals surface area contributed by atoms with Gasteiger partial charge in [0.15, 0.2) is 6.61 Å². The molecule has 27 heavy (non-hydrogen) atoms. The summed E-state index contributed by atoms with van der Waals surface area (Å²) in [4.78, 5) is 12.0. The van der Waals surface area contributed by atoms with Crippen LogP contribution in [-0.4, -0.2) is 27.5 Å². The van der Waals surface area contributed by atoms with E-state index in [0.29, 0.717) is 18.7 Å². The number of ether oxygens (including phenoxy) is 1. The third-order valence-electron chi connectivity index (χ3n) is 4.06. The van der Waals surface area contributed by atoms with E-state index in [9.17, 15) is 13.2 Å². The van der Waals surface area contributed by atoms with E-state index in [1.165, 1.54) is 12.1 Å². The Bertz CT molecular complexity index is 885. The number of nitrogens with one attached hydrogen (secondary N) is 1. The molecule has 0 bridgehead atoms. The van der Waals surface area contributed by atoms with Crippen LogP contribution in [0.5, 0.6) is 5.75 Å². The molecule has 0 aromatic heterocycles. The Morgan fingerprint density at radius 3 is 2.37 bits per heavy atom. The Morgan fingerprint density at radius 2 is 1.78 bits per heavy atom. The summed E-state index contributed by atoms with van der Waals surface area (Å²) in [6, 6.07) is 14.0. The summed E-state index contributed by atoms with van der Waals surface area (Å²) in [6.45, 7) is 6.73. The summed E-state index contributed by atoms with van der Waals surface area (Å²) in [6.07, 6.45) is 0.580. The summed E-state index contributed by atoms with van der Waals surface area (Å²) in [5.41, 5.74) is 2.06. The number of amides is 1. The first-order valence-electron chi connectivity index (χ1n) is 8.67. The molecule has 0 saturated heterocycles. The van der Waals surface area contributed by atoms with Crippen LogP contribution in [-0.2, 0) is 26.7 Å². The SMILES string of the molecule is CC(C)(C)c1cccc(OCC(=O)NCCc2ccc(S(N)(=O)=O)cc2)c1. The van der Waals surface area contributed by atoms with Crippen LogP contribution in [0, 0.1) is 0 Å². The van der Waals surface area contributed by atoms with Gasteiger partial charge in [0.25, 0.3) is 5.91 Å². The Labute approximate surface area is 160 Å². The van der Waals surface area contributed by atoms with E-state index in [4.69, 9.17) is 9.88 Å². The lowest BCUT2D eigenvalue weighted by Gasteiger charge is -2.19. The third kappa shape index (κ3) is 6.69. The highest BCUT2D eigenvalue weighted by molar-refractivity contribution is 7.89. The molecule has 3 N–H and O–H groups in total. The van der Waals surface area contributed by atoms with Crippen molar-refractivity contribution in [3.8, 4) is 5.75 Å². The van der Waals surface area contributed by atoms with Crippen molar-refractivity contribution < 1.29 is 17.9 Å². The highest BCUT2D eigenvalue weighted by atomic mass is 32.2. The molecule has 7 heteroatoms. The van der Waals surface area contributed by atoms with Crippen molar-refractivity contribution in [2.75, 3.05) is 13.2 Å². The normalized spacial score (nSPS) is 11.9. The third-order valence-corrected chi connectivity index (χ3v) is 4.99. The van der Waals surface area contributed by atoms with Gasteiger partial charge >= 0.3 is 0 Å². The van der Waals surface area contributed by atoms with Crippen molar-refractivity contribution in [2.45, 2.75) is 37.5 Å². The standard InChI is InChI=1S/C20H26N2O4S/c1-20(2,3)16-5-4-6-17(13-16)26-14-19(23)22-12-11-15-7-9-18(10-8-15)27(21,24)25/h4-10,13H,11-12,14H2,1-3H3,(H,22,23)(H2,21,24,25). The van der Waals surface area contributed by atoms with Crippen molar-refractivity contribution in [3.05, 3.63) is 59.7 Å². The van der Waals surface area contributed by atoms with Crippen LogP contribution in [0.15, 0.2) is 53.4 Å². The van der Waals surface area contributed by atoms with Gasteiger partial charge in [-0.25, -0.2) is 13.6 Å². The smallest absolute Gasteiger partial charge is 0.257 e. The minimum Gasteiger partial charge on any atom is -0.484 e. The fraction of sp³-hybridized carbons (Fsp3) is 0.350. The quantitative estimate of drug-likeness (QED) is 0.758. The van der Waals surface area contributed by atoms with E-state index < -0.39 is 10.0 Å². The largest absolute Gasteiger partial charge is 0.484 e. The van der Waals surface area contributed by atoms with Gasteiger partial charge in [0.05, 0.1) is 4.90 Å². The average Bonchev–Trinajstić information content (AvgIpc) is 2.59. The Balaban J connectivity index is 1.78. The minimum absolute atomic E-state index is 0.0143. The van der Waals surface area contributed by atoms with Crippen molar-refractivity contribution in [3.63, 3.8) is 0 Å². The lowest BCUT2D eigenvalue weighted by molar-refractivity contribution is -0.123.